The van der Waals surface area contributed by atoms with E-state index < -0.39 is 5.54 Å². The molecule has 0 aliphatic carbocycles. The van der Waals surface area contributed by atoms with Crippen molar-refractivity contribution in [1.29, 1.82) is 0 Å². The Morgan fingerprint density at radius 3 is 2.29 bits per heavy atom. The fourth-order valence-electron chi connectivity index (χ4n) is 1.82. The summed E-state index contributed by atoms with van der Waals surface area (Å²) in [6.07, 6.45) is 0. The van der Waals surface area contributed by atoms with E-state index in [0.29, 0.717) is 6.54 Å². The number of amides is 1. The first-order chi connectivity index (χ1) is 9.15. The third-order valence-corrected chi connectivity index (χ3v) is 3.04. The summed E-state index contributed by atoms with van der Waals surface area (Å²) in [5, 5.41) is 2.85. The van der Waals surface area contributed by atoms with Gasteiger partial charge in [0, 0.05) is 12.1 Å². The summed E-state index contributed by atoms with van der Waals surface area (Å²) in [7, 11) is 0. The SMILES string of the molecule is CC(C)(CN)NC(=O)COc1ccccc1C(C)(C)C.Cl. The number of carbonyl (C=O) groups is 1. The van der Waals surface area contributed by atoms with Gasteiger partial charge in [-0.25, -0.2) is 0 Å². The first-order valence-corrected chi connectivity index (χ1v) is 6.89. The topological polar surface area (TPSA) is 64.3 Å². The Morgan fingerprint density at radius 1 is 1.19 bits per heavy atom. The lowest BCUT2D eigenvalue weighted by molar-refractivity contribution is -0.124. The number of hydrogen-bond acceptors (Lipinski definition) is 3. The molecule has 1 aromatic carbocycles. The Morgan fingerprint density at radius 2 is 1.76 bits per heavy atom. The van der Waals surface area contributed by atoms with E-state index in [-0.39, 0.29) is 30.3 Å². The van der Waals surface area contributed by atoms with E-state index >= 15 is 0 Å². The minimum atomic E-state index is -0.413. The molecule has 1 rings (SSSR count). The molecule has 5 heteroatoms. The number of halogens is 1. The van der Waals surface area contributed by atoms with Gasteiger partial charge < -0.3 is 15.8 Å². The molecule has 0 heterocycles. The summed E-state index contributed by atoms with van der Waals surface area (Å²) >= 11 is 0. The molecule has 1 amide bonds. The second kappa shape index (κ2) is 7.66. The Balaban J connectivity index is 0.00000400. The largest absolute Gasteiger partial charge is 0.483 e. The summed E-state index contributed by atoms with van der Waals surface area (Å²) in [5.74, 6) is 0.588. The van der Waals surface area contributed by atoms with Crippen molar-refractivity contribution < 1.29 is 9.53 Å². The maximum absolute atomic E-state index is 11.9. The van der Waals surface area contributed by atoms with Gasteiger partial charge in [-0.2, -0.15) is 0 Å². The molecule has 120 valence electrons. The molecule has 1 aromatic rings. The molecule has 0 atom stereocenters. The average molecular weight is 315 g/mol. The van der Waals surface area contributed by atoms with Crippen LogP contribution in [0.15, 0.2) is 24.3 Å². The third-order valence-electron chi connectivity index (χ3n) is 3.04. The van der Waals surface area contributed by atoms with Crippen LogP contribution in [0.1, 0.15) is 40.2 Å². The highest BCUT2D eigenvalue weighted by Gasteiger charge is 2.21. The van der Waals surface area contributed by atoms with Crippen LogP contribution >= 0.6 is 12.4 Å². The molecule has 0 spiro atoms. The number of nitrogens with one attached hydrogen (secondary N) is 1. The lowest BCUT2D eigenvalue weighted by Gasteiger charge is -2.25. The van der Waals surface area contributed by atoms with Crippen LogP contribution in [0.25, 0.3) is 0 Å². The Labute approximate surface area is 133 Å². The van der Waals surface area contributed by atoms with Gasteiger partial charge in [-0.1, -0.05) is 39.0 Å². The van der Waals surface area contributed by atoms with Gasteiger partial charge in [0.05, 0.1) is 0 Å². The van der Waals surface area contributed by atoms with E-state index in [4.69, 9.17) is 10.5 Å². The van der Waals surface area contributed by atoms with Gasteiger partial charge in [-0.15, -0.1) is 12.4 Å². The maximum atomic E-state index is 11.9. The van der Waals surface area contributed by atoms with E-state index in [1.807, 2.05) is 38.1 Å². The van der Waals surface area contributed by atoms with Crippen LogP contribution in [0, 0.1) is 0 Å². The number of carbonyl (C=O) groups excluding carboxylic acids is 1. The summed E-state index contributed by atoms with van der Waals surface area (Å²) < 4.78 is 5.66. The molecule has 0 aromatic heterocycles. The minimum Gasteiger partial charge on any atom is -0.483 e. The average Bonchev–Trinajstić information content (AvgIpc) is 2.35. The molecule has 21 heavy (non-hydrogen) atoms. The zero-order valence-corrected chi connectivity index (χ0v) is 14.3. The van der Waals surface area contributed by atoms with E-state index in [2.05, 4.69) is 26.1 Å². The molecule has 4 nitrogen and oxygen atoms in total. The van der Waals surface area contributed by atoms with Crippen LogP contribution < -0.4 is 15.8 Å². The van der Waals surface area contributed by atoms with Crippen molar-refractivity contribution in [3.8, 4) is 5.75 Å². The maximum Gasteiger partial charge on any atom is 0.258 e. The van der Waals surface area contributed by atoms with Crippen molar-refractivity contribution in [2.75, 3.05) is 13.2 Å². The van der Waals surface area contributed by atoms with Crippen LogP contribution in [-0.4, -0.2) is 24.6 Å². The van der Waals surface area contributed by atoms with Crippen molar-refractivity contribution in [2.45, 2.75) is 45.6 Å². The first-order valence-electron chi connectivity index (χ1n) is 6.89. The van der Waals surface area contributed by atoms with E-state index in [0.717, 1.165) is 11.3 Å². The normalized spacial score (nSPS) is 11.5. The van der Waals surface area contributed by atoms with Crippen LogP contribution in [0.2, 0.25) is 0 Å². The predicted octanol–water partition coefficient (Wildman–Crippen LogP) is 2.64. The Hall–Kier alpha value is -1.26. The molecule has 0 unspecified atom stereocenters. The molecular weight excluding hydrogens is 288 g/mol. The number of para-hydroxylation sites is 1. The number of rotatable bonds is 5. The van der Waals surface area contributed by atoms with Crippen LogP contribution in [0.4, 0.5) is 0 Å². The quantitative estimate of drug-likeness (QED) is 0.878. The highest BCUT2D eigenvalue weighted by atomic mass is 35.5. The monoisotopic (exact) mass is 314 g/mol. The van der Waals surface area contributed by atoms with Crippen molar-refractivity contribution in [3.05, 3.63) is 29.8 Å². The molecule has 0 fully saturated rings. The zero-order chi connectivity index (χ0) is 15.4. The van der Waals surface area contributed by atoms with Crippen molar-refractivity contribution in [1.82, 2.24) is 5.32 Å². The van der Waals surface area contributed by atoms with Gasteiger partial charge in [0.15, 0.2) is 6.61 Å². The number of hydrogen-bond donors (Lipinski definition) is 2. The molecule has 0 radical (unpaired) electrons. The van der Waals surface area contributed by atoms with Gasteiger partial charge in [0.1, 0.15) is 5.75 Å². The second-order valence-corrected chi connectivity index (χ2v) is 6.67. The first kappa shape index (κ1) is 19.7. The second-order valence-electron chi connectivity index (χ2n) is 6.67. The lowest BCUT2D eigenvalue weighted by atomic mass is 9.86. The van der Waals surface area contributed by atoms with Crippen molar-refractivity contribution >= 4 is 18.3 Å². The highest BCUT2D eigenvalue weighted by Crippen LogP contribution is 2.30. The van der Waals surface area contributed by atoms with E-state index in [1.165, 1.54) is 0 Å². The summed E-state index contributed by atoms with van der Waals surface area (Å²) in [6.45, 7) is 10.5. The van der Waals surface area contributed by atoms with E-state index in [9.17, 15) is 4.79 Å². The molecule has 0 aliphatic heterocycles. The van der Waals surface area contributed by atoms with Gasteiger partial charge in [-0.3, -0.25) is 4.79 Å². The molecule has 0 saturated heterocycles. The molecule has 0 bridgehead atoms. The number of benzene rings is 1. The summed E-state index contributed by atoms with van der Waals surface area (Å²) in [4.78, 5) is 11.9. The number of nitrogens with two attached hydrogens (primary N) is 1. The minimum absolute atomic E-state index is 0. The molecule has 0 aliphatic rings. The standard InChI is InChI=1S/C16H26N2O2.ClH/c1-15(2,3)12-8-6-7-9-13(12)20-10-14(19)18-16(4,5)11-17;/h6-9H,10-11,17H2,1-5H3,(H,18,19);1H. The van der Waals surface area contributed by atoms with Gasteiger partial charge >= 0.3 is 0 Å². The fraction of sp³-hybridized carbons (Fsp3) is 0.562. The van der Waals surface area contributed by atoms with Crippen molar-refractivity contribution in [3.63, 3.8) is 0 Å². The van der Waals surface area contributed by atoms with Crippen LogP contribution in [-0.2, 0) is 10.2 Å². The summed E-state index contributed by atoms with van der Waals surface area (Å²) in [5.41, 5.74) is 6.24. The Bertz CT molecular complexity index is 468. The zero-order valence-electron chi connectivity index (χ0n) is 13.5. The fourth-order valence-corrected chi connectivity index (χ4v) is 1.82. The Kier molecular flexibility index (Phi) is 7.20. The molecular formula is C16H27ClN2O2. The van der Waals surface area contributed by atoms with Gasteiger partial charge in [0.25, 0.3) is 5.91 Å². The lowest BCUT2D eigenvalue weighted by Crippen LogP contribution is -2.50. The number of ether oxygens (including phenoxy) is 1. The third kappa shape index (κ3) is 6.36. The summed E-state index contributed by atoms with van der Waals surface area (Å²) in [6, 6.07) is 7.80. The smallest absolute Gasteiger partial charge is 0.258 e. The van der Waals surface area contributed by atoms with E-state index in [1.54, 1.807) is 0 Å². The highest BCUT2D eigenvalue weighted by molar-refractivity contribution is 5.85. The van der Waals surface area contributed by atoms with Crippen LogP contribution in [0.3, 0.4) is 0 Å². The molecule has 3 N–H and O–H groups in total. The van der Waals surface area contributed by atoms with Crippen LogP contribution in [0.5, 0.6) is 5.75 Å². The molecule has 0 saturated carbocycles. The van der Waals surface area contributed by atoms with Gasteiger partial charge in [-0.05, 0) is 30.9 Å². The van der Waals surface area contributed by atoms with Crippen molar-refractivity contribution in [2.24, 2.45) is 5.73 Å². The van der Waals surface area contributed by atoms with Gasteiger partial charge in [0.2, 0.25) is 0 Å². The predicted molar refractivity (Wildman–Crippen MR) is 89.2 cm³/mol.